The maximum atomic E-state index is 12.8. The summed E-state index contributed by atoms with van der Waals surface area (Å²) in [6.07, 6.45) is -1.02. The lowest BCUT2D eigenvalue weighted by molar-refractivity contribution is 0.0734. The first-order chi connectivity index (χ1) is 7.16. The molecule has 0 saturated carbocycles. The maximum absolute atomic E-state index is 12.8. The molecule has 0 amide bonds. The van der Waals surface area contributed by atoms with Crippen molar-refractivity contribution in [2.24, 2.45) is 0 Å². The van der Waals surface area contributed by atoms with E-state index in [0.29, 0.717) is 13.1 Å². The third kappa shape index (κ3) is 2.24. The fourth-order valence-electron chi connectivity index (χ4n) is 1.49. The van der Waals surface area contributed by atoms with Crippen molar-refractivity contribution < 1.29 is 18.6 Å². The Labute approximate surface area is 85.7 Å². The van der Waals surface area contributed by atoms with Crippen molar-refractivity contribution in [3.8, 4) is 5.75 Å². The van der Waals surface area contributed by atoms with Gasteiger partial charge in [-0.1, -0.05) is 0 Å². The van der Waals surface area contributed by atoms with Crippen LogP contribution in [0, 0.1) is 11.6 Å². The lowest BCUT2D eigenvalue weighted by Gasteiger charge is -2.16. The normalized spacial score (nSPS) is 25.5. The summed E-state index contributed by atoms with van der Waals surface area (Å²) in [5.74, 6) is -1.64. The van der Waals surface area contributed by atoms with Crippen molar-refractivity contribution in [2.45, 2.75) is 12.2 Å². The van der Waals surface area contributed by atoms with Crippen LogP contribution in [0.2, 0.25) is 0 Å². The average molecular weight is 215 g/mol. The zero-order valence-electron chi connectivity index (χ0n) is 7.91. The van der Waals surface area contributed by atoms with Gasteiger partial charge in [0.1, 0.15) is 18.0 Å². The van der Waals surface area contributed by atoms with Gasteiger partial charge in [0.2, 0.25) is 0 Å². The van der Waals surface area contributed by atoms with Gasteiger partial charge in [-0.2, -0.15) is 0 Å². The molecular formula is C10H11F2NO2. The Hall–Kier alpha value is -1.20. The van der Waals surface area contributed by atoms with Crippen LogP contribution in [0.25, 0.3) is 0 Å². The summed E-state index contributed by atoms with van der Waals surface area (Å²) in [6.45, 7) is 0.953. The molecular weight excluding hydrogens is 204 g/mol. The van der Waals surface area contributed by atoms with E-state index >= 15 is 0 Å². The molecule has 1 saturated heterocycles. The number of aliphatic hydroxyl groups is 1. The van der Waals surface area contributed by atoms with E-state index < -0.39 is 23.8 Å². The number of halogens is 2. The molecule has 3 nitrogen and oxygen atoms in total. The Balaban J connectivity index is 2.07. The van der Waals surface area contributed by atoms with E-state index in [2.05, 4.69) is 5.32 Å². The minimum absolute atomic E-state index is 0.224. The number of hydrogen-bond donors (Lipinski definition) is 2. The molecule has 1 aliphatic heterocycles. The Morgan fingerprint density at radius 1 is 1.27 bits per heavy atom. The summed E-state index contributed by atoms with van der Waals surface area (Å²) in [4.78, 5) is 0. The van der Waals surface area contributed by atoms with Gasteiger partial charge in [-0.25, -0.2) is 8.78 Å². The first-order valence-electron chi connectivity index (χ1n) is 4.67. The predicted octanol–water partition coefficient (Wildman–Crippen LogP) is 0.676. The second-order valence-corrected chi connectivity index (χ2v) is 3.46. The molecule has 1 aromatic carbocycles. The van der Waals surface area contributed by atoms with Crippen molar-refractivity contribution in [1.29, 1.82) is 0 Å². The van der Waals surface area contributed by atoms with Crippen molar-refractivity contribution in [1.82, 2.24) is 5.32 Å². The van der Waals surface area contributed by atoms with Gasteiger partial charge in [0.25, 0.3) is 0 Å². The third-order valence-corrected chi connectivity index (χ3v) is 2.31. The van der Waals surface area contributed by atoms with Gasteiger partial charge in [-0.3, -0.25) is 0 Å². The lowest BCUT2D eigenvalue weighted by atomic mass is 10.2. The molecule has 1 aromatic rings. The van der Waals surface area contributed by atoms with E-state index in [-0.39, 0.29) is 5.75 Å². The smallest absolute Gasteiger partial charge is 0.162 e. The molecule has 82 valence electrons. The molecule has 15 heavy (non-hydrogen) atoms. The Bertz CT molecular complexity index is 359. The molecule has 0 radical (unpaired) electrons. The quantitative estimate of drug-likeness (QED) is 0.762. The van der Waals surface area contributed by atoms with E-state index in [1.165, 1.54) is 6.07 Å². The predicted molar refractivity (Wildman–Crippen MR) is 49.7 cm³/mol. The minimum atomic E-state index is -0.951. The van der Waals surface area contributed by atoms with Crippen LogP contribution >= 0.6 is 0 Å². The third-order valence-electron chi connectivity index (χ3n) is 2.31. The summed E-state index contributed by atoms with van der Waals surface area (Å²) in [6, 6.07) is 3.31. The van der Waals surface area contributed by atoms with Gasteiger partial charge in [0.05, 0.1) is 0 Å². The highest BCUT2D eigenvalue weighted by molar-refractivity contribution is 5.24. The van der Waals surface area contributed by atoms with E-state index in [0.717, 1.165) is 12.1 Å². The van der Waals surface area contributed by atoms with Gasteiger partial charge in [0.15, 0.2) is 11.6 Å². The fraction of sp³-hybridized carbons (Fsp3) is 0.400. The van der Waals surface area contributed by atoms with Crippen molar-refractivity contribution in [3.05, 3.63) is 29.8 Å². The van der Waals surface area contributed by atoms with Gasteiger partial charge >= 0.3 is 0 Å². The van der Waals surface area contributed by atoms with Gasteiger partial charge in [0, 0.05) is 19.2 Å². The molecule has 0 aromatic heterocycles. The number of rotatable bonds is 2. The number of aliphatic hydroxyl groups excluding tert-OH is 1. The minimum Gasteiger partial charge on any atom is -0.486 e. The number of β-amino-alcohol motifs (C(OH)–C–C–N with tert-alkyl or cyclic N) is 1. The Morgan fingerprint density at radius 2 is 2.07 bits per heavy atom. The standard InChI is InChI=1S/C10H11F2NO2/c11-7-2-1-6(3-8(7)12)15-10-5-13-4-9(10)14/h1-3,9-10,13-14H,4-5H2. The number of benzene rings is 1. The highest BCUT2D eigenvalue weighted by Crippen LogP contribution is 2.18. The first kappa shape index (κ1) is 10.3. The van der Waals surface area contributed by atoms with Gasteiger partial charge in [-0.05, 0) is 12.1 Å². The van der Waals surface area contributed by atoms with Crippen LogP contribution in [0.15, 0.2) is 18.2 Å². The summed E-state index contributed by atoms with van der Waals surface area (Å²) in [5.41, 5.74) is 0. The Kier molecular flexibility index (Phi) is 2.83. The molecule has 1 aliphatic rings. The van der Waals surface area contributed by atoms with Crippen molar-refractivity contribution in [3.63, 3.8) is 0 Å². The van der Waals surface area contributed by atoms with Crippen LogP contribution in [0.4, 0.5) is 8.78 Å². The monoisotopic (exact) mass is 215 g/mol. The topological polar surface area (TPSA) is 41.5 Å². The molecule has 1 fully saturated rings. The molecule has 5 heteroatoms. The number of ether oxygens (including phenoxy) is 1. The highest BCUT2D eigenvalue weighted by Gasteiger charge is 2.26. The molecule has 0 spiro atoms. The van der Waals surface area contributed by atoms with E-state index in [9.17, 15) is 13.9 Å². The summed E-state index contributed by atoms with van der Waals surface area (Å²) < 4.78 is 30.7. The van der Waals surface area contributed by atoms with Crippen LogP contribution in [-0.4, -0.2) is 30.4 Å². The zero-order chi connectivity index (χ0) is 10.8. The average Bonchev–Trinajstić information content (AvgIpc) is 2.59. The number of nitrogens with one attached hydrogen (secondary N) is 1. The van der Waals surface area contributed by atoms with E-state index in [1.54, 1.807) is 0 Å². The van der Waals surface area contributed by atoms with Gasteiger partial charge < -0.3 is 15.2 Å². The largest absolute Gasteiger partial charge is 0.486 e. The molecule has 2 atom stereocenters. The summed E-state index contributed by atoms with van der Waals surface area (Å²) >= 11 is 0. The van der Waals surface area contributed by atoms with Gasteiger partial charge in [-0.15, -0.1) is 0 Å². The zero-order valence-corrected chi connectivity index (χ0v) is 7.91. The van der Waals surface area contributed by atoms with Crippen LogP contribution in [-0.2, 0) is 0 Å². The second-order valence-electron chi connectivity index (χ2n) is 3.46. The Morgan fingerprint density at radius 3 is 2.67 bits per heavy atom. The van der Waals surface area contributed by atoms with Crippen molar-refractivity contribution in [2.75, 3.05) is 13.1 Å². The van der Waals surface area contributed by atoms with Crippen molar-refractivity contribution >= 4 is 0 Å². The summed E-state index contributed by atoms with van der Waals surface area (Å²) in [7, 11) is 0. The molecule has 1 heterocycles. The SMILES string of the molecule is OC1CNCC1Oc1ccc(F)c(F)c1. The molecule has 0 bridgehead atoms. The molecule has 2 N–H and O–H groups in total. The maximum Gasteiger partial charge on any atom is 0.162 e. The second kappa shape index (κ2) is 4.12. The van der Waals surface area contributed by atoms with Crippen LogP contribution in [0.5, 0.6) is 5.75 Å². The molecule has 2 unspecified atom stereocenters. The fourth-order valence-corrected chi connectivity index (χ4v) is 1.49. The van der Waals surface area contributed by atoms with E-state index in [4.69, 9.17) is 4.74 Å². The first-order valence-corrected chi connectivity index (χ1v) is 4.67. The lowest BCUT2D eigenvalue weighted by Crippen LogP contribution is -2.29. The van der Waals surface area contributed by atoms with Crippen LogP contribution < -0.4 is 10.1 Å². The molecule has 2 rings (SSSR count). The summed E-state index contributed by atoms with van der Waals surface area (Å²) in [5, 5.41) is 12.3. The van der Waals surface area contributed by atoms with Crippen LogP contribution in [0.1, 0.15) is 0 Å². The highest BCUT2D eigenvalue weighted by atomic mass is 19.2. The molecule has 0 aliphatic carbocycles. The van der Waals surface area contributed by atoms with E-state index in [1.807, 2.05) is 0 Å². The number of hydrogen-bond acceptors (Lipinski definition) is 3. The van der Waals surface area contributed by atoms with Crippen LogP contribution in [0.3, 0.4) is 0 Å².